The number of carbonyl (C=O) groups excluding carboxylic acids is 1. The molecule has 0 aliphatic rings. The molecule has 4 rings (SSSR count). The molecular formula is C22H22BrN3O3S. The molecule has 1 amide bonds. The van der Waals surface area contributed by atoms with Gasteiger partial charge in [0.2, 0.25) is 0 Å². The molecule has 0 radical (unpaired) electrons. The van der Waals surface area contributed by atoms with Gasteiger partial charge >= 0.3 is 0 Å². The molecule has 30 heavy (non-hydrogen) atoms. The number of rotatable bonds is 7. The number of nitrogens with zero attached hydrogens (tertiary/aromatic N) is 3. The Morgan fingerprint density at radius 3 is 2.80 bits per heavy atom. The fourth-order valence-corrected chi connectivity index (χ4v) is 4.67. The number of carbonyl (C=O) groups is 1. The van der Waals surface area contributed by atoms with Gasteiger partial charge in [0, 0.05) is 22.9 Å². The monoisotopic (exact) mass is 487 g/mol. The lowest BCUT2D eigenvalue weighted by Crippen LogP contribution is -2.36. The summed E-state index contributed by atoms with van der Waals surface area (Å²) in [4.78, 5) is 21.9. The molecule has 0 aliphatic heterocycles. The van der Waals surface area contributed by atoms with E-state index >= 15 is 0 Å². The fourth-order valence-electron chi connectivity index (χ4n) is 3.13. The summed E-state index contributed by atoms with van der Waals surface area (Å²) in [6.45, 7) is 3.65. The Labute approximate surface area is 187 Å². The van der Waals surface area contributed by atoms with Crippen LogP contribution in [0.4, 0.5) is 5.13 Å². The number of hydrogen-bond donors (Lipinski definition) is 0. The van der Waals surface area contributed by atoms with Crippen molar-refractivity contribution in [3.05, 3.63) is 52.7 Å². The molecule has 156 valence electrons. The zero-order chi connectivity index (χ0) is 21.3. The maximum Gasteiger partial charge on any atom is 0.295 e. The summed E-state index contributed by atoms with van der Waals surface area (Å²) >= 11 is 4.99. The van der Waals surface area contributed by atoms with Crippen molar-refractivity contribution in [1.29, 1.82) is 0 Å². The molecule has 0 fully saturated rings. The third-order valence-electron chi connectivity index (χ3n) is 4.60. The predicted octanol–water partition coefficient (Wildman–Crippen LogP) is 5.41. The van der Waals surface area contributed by atoms with Gasteiger partial charge < -0.3 is 14.1 Å². The molecule has 6 nitrogen and oxygen atoms in total. The van der Waals surface area contributed by atoms with E-state index in [-0.39, 0.29) is 11.7 Å². The standard InChI is InChI=1S/C22H22BrN3O3S/c1-4-28-17-7-5-6-14-12-18(29-20(14)17)21(27)26(11-10-25(2)3)22-24-16-9-8-15(23)13-19(16)30-22/h5-9,12-13H,4,10-11H2,1-3H3. The van der Waals surface area contributed by atoms with Crippen molar-refractivity contribution in [3.63, 3.8) is 0 Å². The van der Waals surface area contributed by atoms with Gasteiger partial charge in [0.1, 0.15) is 0 Å². The van der Waals surface area contributed by atoms with E-state index < -0.39 is 0 Å². The highest BCUT2D eigenvalue weighted by molar-refractivity contribution is 9.10. The average molecular weight is 488 g/mol. The van der Waals surface area contributed by atoms with Crippen molar-refractivity contribution >= 4 is 59.5 Å². The summed E-state index contributed by atoms with van der Waals surface area (Å²) in [5.41, 5.74) is 1.45. The van der Waals surface area contributed by atoms with E-state index in [0.29, 0.717) is 36.2 Å². The van der Waals surface area contributed by atoms with Gasteiger partial charge in [-0.1, -0.05) is 39.4 Å². The zero-order valence-corrected chi connectivity index (χ0v) is 19.4. The molecule has 0 N–H and O–H groups in total. The van der Waals surface area contributed by atoms with E-state index in [2.05, 4.69) is 15.9 Å². The van der Waals surface area contributed by atoms with Crippen LogP contribution in [0.2, 0.25) is 0 Å². The maximum absolute atomic E-state index is 13.5. The second-order valence-corrected chi connectivity index (χ2v) is 9.01. The molecule has 0 saturated heterocycles. The Morgan fingerprint density at radius 2 is 2.03 bits per heavy atom. The molecule has 0 unspecified atom stereocenters. The molecule has 8 heteroatoms. The topological polar surface area (TPSA) is 58.8 Å². The van der Waals surface area contributed by atoms with E-state index in [1.54, 1.807) is 11.0 Å². The number of fused-ring (bicyclic) bond motifs is 2. The maximum atomic E-state index is 13.5. The first-order chi connectivity index (χ1) is 14.5. The highest BCUT2D eigenvalue weighted by atomic mass is 79.9. The van der Waals surface area contributed by atoms with E-state index in [0.717, 1.165) is 20.1 Å². The van der Waals surface area contributed by atoms with Crippen LogP contribution in [0.3, 0.4) is 0 Å². The van der Waals surface area contributed by atoms with Gasteiger partial charge in [-0.2, -0.15) is 0 Å². The van der Waals surface area contributed by atoms with Crippen LogP contribution in [-0.2, 0) is 0 Å². The third-order valence-corrected chi connectivity index (χ3v) is 6.14. The first kappa shape index (κ1) is 20.8. The van der Waals surface area contributed by atoms with Crippen molar-refractivity contribution in [1.82, 2.24) is 9.88 Å². The summed E-state index contributed by atoms with van der Waals surface area (Å²) in [5.74, 6) is 0.698. The number of aromatic nitrogens is 1. The Kier molecular flexibility index (Phi) is 6.08. The number of benzene rings is 2. The van der Waals surface area contributed by atoms with E-state index in [4.69, 9.17) is 14.1 Å². The summed E-state index contributed by atoms with van der Waals surface area (Å²) in [6.07, 6.45) is 0. The minimum absolute atomic E-state index is 0.214. The molecule has 2 heterocycles. The van der Waals surface area contributed by atoms with Gasteiger partial charge in [-0.05, 0) is 51.4 Å². The fraction of sp³-hybridized carbons (Fsp3) is 0.273. The number of halogens is 1. The van der Waals surface area contributed by atoms with Gasteiger partial charge in [0.25, 0.3) is 5.91 Å². The summed E-state index contributed by atoms with van der Waals surface area (Å²) in [6, 6.07) is 13.3. The number of amides is 1. The molecule has 0 aliphatic carbocycles. The zero-order valence-electron chi connectivity index (χ0n) is 17.0. The lowest BCUT2D eigenvalue weighted by molar-refractivity contribution is 0.0960. The largest absolute Gasteiger partial charge is 0.490 e. The Morgan fingerprint density at radius 1 is 1.20 bits per heavy atom. The second-order valence-electron chi connectivity index (χ2n) is 7.09. The molecule has 4 aromatic rings. The van der Waals surface area contributed by atoms with Crippen LogP contribution in [-0.4, -0.2) is 49.6 Å². The van der Waals surface area contributed by atoms with Gasteiger partial charge in [-0.3, -0.25) is 9.69 Å². The summed E-state index contributed by atoms with van der Waals surface area (Å²) in [7, 11) is 3.96. The van der Waals surface area contributed by atoms with Crippen molar-refractivity contribution < 1.29 is 13.9 Å². The number of likely N-dealkylation sites (N-methyl/N-ethyl adjacent to an activating group) is 1. The number of hydrogen-bond acceptors (Lipinski definition) is 6. The number of furan rings is 1. The van der Waals surface area contributed by atoms with Crippen LogP contribution in [0.15, 0.2) is 51.4 Å². The first-order valence-corrected chi connectivity index (χ1v) is 11.2. The summed E-state index contributed by atoms with van der Waals surface area (Å²) in [5, 5.41) is 1.49. The molecule has 0 spiro atoms. The highest BCUT2D eigenvalue weighted by Crippen LogP contribution is 2.33. The van der Waals surface area contributed by atoms with Crippen molar-refractivity contribution in [2.24, 2.45) is 0 Å². The van der Waals surface area contributed by atoms with Crippen molar-refractivity contribution in [3.8, 4) is 5.75 Å². The number of ether oxygens (including phenoxy) is 1. The minimum atomic E-state index is -0.214. The normalized spacial score (nSPS) is 11.5. The van der Waals surface area contributed by atoms with E-state index in [1.807, 2.05) is 62.3 Å². The number of para-hydroxylation sites is 1. The Bertz CT molecular complexity index is 1200. The Hall–Kier alpha value is -2.42. The van der Waals surface area contributed by atoms with Gasteiger partial charge in [-0.15, -0.1) is 0 Å². The lowest BCUT2D eigenvalue weighted by atomic mass is 10.2. The average Bonchev–Trinajstić information content (AvgIpc) is 3.32. The SMILES string of the molecule is CCOc1cccc2cc(C(=O)N(CCN(C)C)c3nc4ccc(Br)cc4s3)oc12. The highest BCUT2D eigenvalue weighted by Gasteiger charge is 2.25. The Balaban J connectivity index is 1.73. The smallest absolute Gasteiger partial charge is 0.295 e. The van der Waals surface area contributed by atoms with Gasteiger partial charge in [0.15, 0.2) is 22.2 Å². The van der Waals surface area contributed by atoms with Crippen molar-refractivity contribution in [2.45, 2.75) is 6.92 Å². The van der Waals surface area contributed by atoms with Crippen LogP contribution < -0.4 is 9.64 Å². The minimum Gasteiger partial charge on any atom is -0.490 e. The molecule has 0 bridgehead atoms. The molecule has 0 saturated carbocycles. The second kappa shape index (κ2) is 8.75. The molecule has 0 atom stereocenters. The number of thiazole rings is 1. The molecular weight excluding hydrogens is 466 g/mol. The van der Waals surface area contributed by atoms with Crippen LogP contribution >= 0.6 is 27.3 Å². The van der Waals surface area contributed by atoms with Gasteiger partial charge in [0.05, 0.1) is 16.8 Å². The number of anilines is 1. The quantitative estimate of drug-likeness (QED) is 0.348. The lowest BCUT2D eigenvalue weighted by Gasteiger charge is -2.20. The van der Waals surface area contributed by atoms with Crippen LogP contribution in [0.1, 0.15) is 17.5 Å². The van der Waals surface area contributed by atoms with E-state index in [9.17, 15) is 4.79 Å². The van der Waals surface area contributed by atoms with Crippen LogP contribution in [0.25, 0.3) is 21.2 Å². The van der Waals surface area contributed by atoms with E-state index in [1.165, 1.54) is 11.3 Å². The summed E-state index contributed by atoms with van der Waals surface area (Å²) < 4.78 is 13.6. The third kappa shape index (κ3) is 4.21. The predicted molar refractivity (Wildman–Crippen MR) is 125 cm³/mol. The van der Waals surface area contributed by atoms with Crippen LogP contribution in [0, 0.1) is 0 Å². The molecule has 2 aromatic heterocycles. The van der Waals surface area contributed by atoms with Crippen molar-refractivity contribution in [2.75, 3.05) is 38.7 Å². The first-order valence-electron chi connectivity index (χ1n) is 9.64. The molecule has 2 aromatic carbocycles. The van der Waals surface area contributed by atoms with Crippen LogP contribution in [0.5, 0.6) is 5.75 Å². The van der Waals surface area contributed by atoms with Gasteiger partial charge in [-0.25, -0.2) is 4.98 Å².